The van der Waals surface area contributed by atoms with Gasteiger partial charge in [-0.15, -0.1) is 6.07 Å². The van der Waals surface area contributed by atoms with E-state index in [-0.39, 0.29) is 50.8 Å². The van der Waals surface area contributed by atoms with E-state index in [1.54, 1.807) is 14.2 Å². The molecule has 2 atom stereocenters. The van der Waals surface area contributed by atoms with Crippen molar-refractivity contribution in [2.24, 2.45) is 0 Å². The molecule has 0 saturated carbocycles. The number of benzene rings is 1. The number of nitrogens with zero attached hydrogens (tertiary/aromatic N) is 1. The third kappa shape index (κ3) is 6.05. The van der Waals surface area contributed by atoms with Crippen LogP contribution in [-0.2, 0) is 32.7 Å². The molecule has 5 nitrogen and oxygen atoms in total. The van der Waals surface area contributed by atoms with Gasteiger partial charge in [-0.3, -0.25) is 4.79 Å². The van der Waals surface area contributed by atoms with Gasteiger partial charge in [-0.25, -0.2) is 0 Å². The predicted octanol–water partition coefficient (Wildman–Crippen LogP) is 3.52. The maximum absolute atomic E-state index is 10.4. The van der Waals surface area contributed by atoms with Crippen molar-refractivity contribution in [3.63, 3.8) is 0 Å². The second kappa shape index (κ2) is 9.96. The molecule has 1 aliphatic heterocycles. The molecule has 0 bridgehead atoms. The van der Waals surface area contributed by atoms with Crippen LogP contribution in [0.25, 0.3) is 5.32 Å². The average Bonchev–Trinajstić information content (AvgIpc) is 2.75. The van der Waals surface area contributed by atoms with Crippen LogP contribution in [0.1, 0.15) is 33.3 Å². The number of rotatable bonds is 3. The maximum Gasteiger partial charge on any atom is 0.153 e. The Morgan fingerprint density at radius 1 is 1.14 bits per heavy atom. The number of carbonyl (C=O) groups excluding carboxylic acids is 1. The van der Waals surface area contributed by atoms with Crippen molar-refractivity contribution in [3.8, 4) is 11.5 Å². The SMILES string of the molecule is CC1[N-]C(=O)NC1C.COc1ccc([C-](C)C)cc1OC.[Y]. The number of nitrogens with one attached hydrogen (secondary N) is 1. The van der Waals surface area contributed by atoms with Gasteiger partial charge in [0.25, 0.3) is 0 Å². The Morgan fingerprint density at radius 3 is 2.05 bits per heavy atom. The van der Waals surface area contributed by atoms with E-state index < -0.39 is 0 Å². The number of carbonyl (C=O) groups is 1. The molecule has 1 heterocycles. The number of hydrogen-bond donors (Lipinski definition) is 1. The molecule has 1 N–H and O–H groups in total. The Bertz CT molecular complexity index is 468. The van der Waals surface area contributed by atoms with E-state index in [1.165, 1.54) is 11.5 Å². The molecular weight excluding hydrogens is 357 g/mol. The van der Waals surface area contributed by atoms with Crippen LogP contribution in [-0.4, -0.2) is 32.3 Å². The molecular formula is C16H24N2O3Y-2. The Kier molecular flexibility index (Phi) is 9.53. The zero-order valence-electron chi connectivity index (χ0n) is 14.1. The van der Waals surface area contributed by atoms with E-state index in [9.17, 15) is 4.79 Å². The van der Waals surface area contributed by atoms with Crippen LogP contribution >= 0.6 is 0 Å². The van der Waals surface area contributed by atoms with Crippen molar-refractivity contribution in [1.82, 2.24) is 5.32 Å². The molecule has 0 spiro atoms. The predicted molar refractivity (Wildman–Crippen MR) is 84.1 cm³/mol. The molecule has 121 valence electrons. The number of hydrogen-bond acceptors (Lipinski definition) is 3. The molecule has 6 heteroatoms. The van der Waals surface area contributed by atoms with Gasteiger partial charge in [-0.05, 0) is 12.1 Å². The molecule has 0 aromatic heterocycles. The molecule has 1 aliphatic rings. The van der Waals surface area contributed by atoms with E-state index >= 15 is 0 Å². The van der Waals surface area contributed by atoms with E-state index in [0.717, 1.165) is 11.5 Å². The van der Waals surface area contributed by atoms with Crippen LogP contribution in [0.4, 0.5) is 4.79 Å². The molecule has 2 amide bonds. The van der Waals surface area contributed by atoms with Gasteiger partial charge in [-0.1, -0.05) is 33.8 Å². The molecule has 1 aromatic rings. The smallest absolute Gasteiger partial charge is 0.153 e. The van der Waals surface area contributed by atoms with Gasteiger partial charge in [0.05, 0.1) is 14.2 Å². The minimum Gasteiger partial charge on any atom is -0.506 e. The fourth-order valence-corrected chi connectivity index (χ4v) is 1.80. The first-order valence-corrected chi connectivity index (χ1v) is 6.93. The third-order valence-corrected chi connectivity index (χ3v) is 3.36. The summed E-state index contributed by atoms with van der Waals surface area (Å²) in [6, 6.07) is 6.13. The number of ether oxygens (including phenoxy) is 2. The van der Waals surface area contributed by atoms with E-state index in [1.807, 2.05) is 32.0 Å². The summed E-state index contributed by atoms with van der Waals surface area (Å²) in [5, 5.41) is 6.38. The third-order valence-electron chi connectivity index (χ3n) is 3.36. The summed E-state index contributed by atoms with van der Waals surface area (Å²) in [5.41, 5.74) is 1.18. The average molecular weight is 381 g/mol. The Labute approximate surface area is 158 Å². The quantitative estimate of drug-likeness (QED) is 0.815. The zero-order chi connectivity index (χ0) is 16.0. The summed E-state index contributed by atoms with van der Waals surface area (Å²) in [5.74, 6) is 2.81. The van der Waals surface area contributed by atoms with Gasteiger partial charge in [-0.2, -0.15) is 17.5 Å². The molecule has 1 aromatic carbocycles. The molecule has 1 radical (unpaired) electrons. The topological polar surface area (TPSA) is 61.7 Å². The van der Waals surface area contributed by atoms with Crippen LogP contribution in [0.5, 0.6) is 11.5 Å². The monoisotopic (exact) mass is 381 g/mol. The van der Waals surface area contributed by atoms with Gasteiger partial charge in [0.1, 0.15) is 11.5 Å². The summed E-state index contributed by atoms with van der Waals surface area (Å²) >= 11 is 0. The number of amides is 2. The Hall–Kier alpha value is -0.936. The van der Waals surface area contributed by atoms with Crippen LogP contribution < -0.4 is 14.8 Å². The number of urea groups is 1. The standard InChI is InChI=1S/C11H15O2.C5H10N2O.Y/c1-8(2)9-5-6-10(12-3)11(7-9)13-4;1-3-4(2)7-5(8)6-3;/h5-7H,1-4H3;3-4H,1-2H3,(H2,6,7,8);/q-1;;/p-1. The fourth-order valence-electron chi connectivity index (χ4n) is 1.80. The van der Waals surface area contributed by atoms with Crippen molar-refractivity contribution >= 4 is 6.03 Å². The minimum atomic E-state index is -0.176. The van der Waals surface area contributed by atoms with Crippen LogP contribution in [0.3, 0.4) is 0 Å². The van der Waals surface area contributed by atoms with Gasteiger partial charge in [0.15, 0.2) is 6.03 Å². The summed E-state index contributed by atoms with van der Waals surface area (Å²) in [6.45, 7) is 8.00. The van der Waals surface area contributed by atoms with E-state index in [0.29, 0.717) is 0 Å². The Balaban J connectivity index is 0.000000423. The summed E-state index contributed by atoms with van der Waals surface area (Å²) in [6.07, 6.45) is 0. The summed E-state index contributed by atoms with van der Waals surface area (Å²) in [7, 11) is 3.28. The van der Waals surface area contributed by atoms with Crippen LogP contribution in [0.2, 0.25) is 0 Å². The van der Waals surface area contributed by atoms with Crippen LogP contribution in [0, 0.1) is 5.92 Å². The van der Waals surface area contributed by atoms with Gasteiger partial charge in [0.2, 0.25) is 0 Å². The summed E-state index contributed by atoms with van der Waals surface area (Å²) < 4.78 is 10.3. The maximum atomic E-state index is 10.4. The van der Waals surface area contributed by atoms with Gasteiger partial charge in [0, 0.05) is 32.7 Å². The first kappa shape index (κ1) is 21.1. The van der Waals surface area contributed by atoms with Crippen molar-refractivity contribution in [1.29, 1.82) is 0 Å². The van der Waals surface area contributed by atoms with Crippen LogP contribution in [0.15, 0.2) is 18.2 Å². The first-order chi connectivity index (χ1) is 9.88. The molecule has 1 fully saturated rings. The molecule has 1 saturated heterocycles. The fraction of sp³-hybridized carbons (Fsp3) is 0.500. The zero-order valence-corrected chi connectivity index (χ0v) is 17.0. The van der Waals surface area contributed by atoms with E-state index in [2.05, 4.69) is 24.5 Å². The minimum absolute atomic E-state index is 0. The van der Waals surface area contributed by atoms with Gasteiger partial charge >= 0.3 is 0 Å². The van der Waals surface area contributed by atoms with Crippen molar-refractivity contribution in [3.05, 3.63) is 35.0 Å². The Morgan fingerprint density at radius 2 is 1.73 bits per heavy atom. The number of methoxy groups -OCH3 is 2. The van der Waals surface area contributed by atoms with Crippen molar-refractivity contribution in [2.45, 2.75) is 39.8 Å². The normalized spacial score (nSPS) is 18.9. The summed E-state index contributed by atoms with van der Waals surface area (Å²) in [4.78, 5) is 10.4. The molecule has 2 rings (SSSR count). The van der Waals surface area contributed by atoms with Crippen molar-refractivity contribution < 1.29 is 47.0 Å². The molecule has 22 heavy (non-hydrogen) atoms. The van der Waals surface area contributed by atoms with Crippen molar-refractivity contribution in [2.75, 3.05) is 14.2 Å². The first-order valence-electron chi connectivity index (χ1n) is 6.93. The second-order valence-electron chi connectivity index (χ2n) is 5.18. The largest absolute Gasteiger partial charge is 0.506 e. The van der Waals surface area contributed by atoms with E-state index in [4.69, 9.17) is 9.47 Å². The second-order valence-corrected chi connectivity index (χ2v) is 5.18. The van der Waals surface area contributed by atoms with Gasteiger partial charge < -0.3 is 20.1 Å². The molecule has 0 aliphatic carbocycles. The molecule has 2 unspecified atom stereocenters.